The molecule has 1 heterocycles. The van der Waals surface area contributed by atoms with E-state index >= 15 is 0 Å². The lowest BCUT2D eigenvalue weighted by molar-refractivity contribution is -0.137. The van der Waals surface area contributed by atoms with E-state index in [1.54, 1.807) is 18.3 Å². The summed E-state index contributed by atoms with van der Waals surface area (Å²) in [6, 6.07) is 8.22. The molecule has 1 aromatic heterocycles. The highest BCUT2D eigenvalue weighted by atomic mass is 35.5. The number of alkyl halides is 4. The molecule has 6 heteroatoms. The van der Waals surface area contributed by atoms with Crippen molar-refractivity contribution in [2.45, 2.75) is 18.7 Å². The van der Waals surface area contributed by atoms with E-state index in [1.165, 1.54) is 12.1 Å². The van der Waals surface area contributed by atoms with E-state index in [9.17, 15) is 13.2 Å². The van der Waals surface area contributed by atoms with Crippen molar-refractivity contribution in [2.24, 2.45) is 0 Å². The van der Waals surface area contributed by atoms with Gasteiger partial charge in [0.1, 0.15) is 12.4 Å². The molecule has 0 amide bonds. The van der Waals surface area contributed by atoms with Crippen LogP contribution in [0.3, 0.4) is 0 Å². The summed E-state index contributed by atoms with van der Waals surface area (Å²) in [5.41, 5.74) is 0.661. The van der Waals surface area contributed by atoms with Crippen molar-refractivity contribution < 1.29 is 17.9 Å². The highest BCUT2D eigenvalue weighted by molar-refractivity contribution is 6.16. The number of rotatable bonds is 4. The molecule has 20 heavy (non-hydrogen) atoms. The lowest BCUT2D eigenvalue weighted by atomic mass is 10.1. The molecule has 2 aromatic rings. The zero-order valence-electron chi connectivity index (χ0n) is 10.3. The molecule has 106 valence electrons. The van der Waals surface area contributed by atoms with E-state index < -0.39 is 11.7 Å². The van der Waals surface area contributed by atoms with Gasteiger partial charge in [-0.15, -0.1) is 11.6 Å². The van der Waals surface area contributed by atoms with Gasteiger partial charge >= 0.3 is 6.18 Å². The minimum atomic E-state index is -4.32. The van der Waals surface area contributed by atoms with E-state index in [0.29, 0.717) is 17.0 Å². The maximum Gasteiger partial charge on any atom is 0.416 e. The first-order valence-electron chi connectivity index (χ1n) is 5.79. The largest absolute Gasteiger partial charge is 0.489 e. The molecular weight excluding hydrogens is 291 g/mol. The Balaban J connectivity index is 2.00. The summed E-state index contributed by atoms with van der Waals surface area (Å²) in [7, 11) is 0. The van der Waals surface area contributed by atoms with E-state index in [0.717, 1.165) is 12.1 Å². The zero-order valence-corrected chi connectivity index (χ0v) is 11.1. The van der Waals surface area contributed by atoms with Gasteiger partial charge in [0, 0.05) is 12.3 Å². The third-order valence-corrected chi connectivity index (χ3v) is 2.89. The van der Waals surface area contributed by atoms with Gasteiger partial charge in [-0.2, -0.15) is 13.2 Å². The van der Waals surface area contributed by atoms with Crippen LogP contribution in [0, 0.1) is 0 Å². The van der Waals surface area contributed by atoms with Crippen LogP contribution in [-0.2, 0) is 18.7 Å². The Hall–Kier alpha value is -1.75. The number of ether oxygens (including phenoxy) is 1. The van der Waals surface area contributed by atoms with E-state index in [1.807, 2.05) is 0 Å². The number of aromatic nitrogens is 1. The molecule has 0 unspecified atom stereocenters. The van der Waals surface area contributed by atoms with E-state index in [2.05, 4.69) is 4.98 Å². The summed E-state index contributed by atoms with van der Waals surface area (Å²) >= 11 is 5.65. The molecule has 0 N–H and O–H groups in total. The number of halogens is 4. The summed E-state index contributed by atoms with van der Waals surface area (Å²) in [6.07, 6.45) is -2.75. The van der Waals surface area contributed by atoms with Crippen molar-refractivity contribution in [3.8, 4) is 5.75 Å². The van der Waals surface area contributed by atoms with Gasteiger partial charge in [0.25, 0.3) is 0 Å². The van der Waals surface area contributed by atoms with Gasteiger partial charge in [0.2, 0.25) is 0 Å². The lowest BCUT2D eigenvalue weighted by Crippen LogP contribution is -2.05. The fourth-order valence-corrected chi connectivity index (χ4v) is 1.72. The molecule has 2 nitrogen and oxygen atoms in total. The van der Waals surface area contributed by atoms with Gasteiger partial charge in [0.05, 0.1) is 17.1 Å². The van der Waals surface area contributed by atoms with Gasteiger partial charge in [-0.25, -0.2) is 0 Å². The van der Waals surface area contributed by atoms with Crippen LogP contribution >= 0.6 is 11.6 Å². The first-order chi connectivity index (χ1) is 9.49. The van der Waals surface area contributed by atoms with Gasteiger partial charge in [-0.05, 0) is 23.8 Å². The van der Waals surface area contributed by atoms with E-state index in [-0.39, 0.29) is 12.5 Å². The summed E-state index contributed by atoms with van der Waals surface area (Å²) in [5, 5.41) is 0. The van der Waals surface area contributed by atoms with E-state index in [4.69, 9.17) is 16.3 Å². The predicted molar refractivity (Wildman–Crippen MR) is 69.6 cm³/mol. The summed E-state index contributed by atoms with van der Waals surface area (Å²) in [6.45, 7) is 0.184. The molecule has 0 aliphatic heterocycles. The fourth-order valence-electron chi connectivity index (χ4n) is 1.58. The average molecular weight is 302 g/mol. The van der Waals surface area contributed by atoms with Crippen molar-refractivity contribution in [3.05, 3.63) is 59.4 Å². The highest BCUT2D eigenvalue weighted by Gasteiger charge is 2.29. The first-order valence-corrected chi connectivity index (χ1v) is 6.32. The molecule has 0 atom stereocenters. The Labute approximate surface area is 119 Å². The Morgan fingerprint density at radius 3 is 2.40 bits per heavy atom. The summed E-state index contributed by atoms with van der Waals surface area (Å²) in [5.74, 6) is 0.854. The Bertz CT molecular complexity index is 569. The maximum atomic E-state index is 12.4. The van der Waals surface area contributed by atoms with Crippen molar-refractivity contribution in [3.63, 3.8) is 0 Å². The number of hydrogen-bond acceptors (Lipinski definition) is 2. The molecule has 0 bridgehead atoms. The van der Waals surface area contributed by atoms with Crippen LogP contribution < -0.4 is 4.74 Å². The monoisotopic (exact) mass is 301 g/mol. The van der Waals surface area contributed by atoms with Crippen molar-refractivity contribution in [1.82, 2.24) is 4.98 Å². The minimum absolute atomic E-state index is 0.184. The second-order valence-electron chi connectivity index (χ2n) is 4.10. The molecule has 0 saturated carbocycles. The molecule has 0 aliphatic rings. The van der Waals surface area contributed by atoms with Crippen molar-refractivity contribution in [1.29, 1.82) is 0 Å². The summed E-state index contributed by atoms with van der Waals surface area (Å²) < 4.78 is 42.7. The standard InChI is InChI=1S/C14H11ClF3NO/c15-8-12-7-13(5-6-19-12)20-9-10-1-3-11(4-2-10)14(16,17)18/h1-7H,8-9H2. The number of hydrogen-bond donors (Lipinski definition) is 0. The van der Waals surface area contributed by atoms with Crippen molar-refractivity contribution in [2.75, 3.05) is 0 Å². The first kappa shape index (κ1) is 14.7. The van der Waals surface area contributed by atoms with Crippen LogP contribution in [0.5, 0.6) is 5.75 Å². The Morgan fingerprint density at radius 1 is 1.10 bits per heavy atom. The smallest absolute Gasteiger partial charge is 0.416 e. The zero-order chi connectivity index (χ0) is 14.6. The number of nitrogens with zero attached hydrogens (tertiary/aromatic N) is 1. The van der Waals surface area contributed by atoms with Crippen LogP contribution in [0.4, 0.5) is 13.2 Å². The van der Waals surface area contributed by atoms with Crippen molar-refractivity contribution >= 4 is 11.6 Å². The predicted octanol–water partition coefficient (Wildman–Crippen LogP) is 4.42. The van der Waals surface area contributed by atoms with Crippen LogP contribution in [0.15, 0.2) is 42.6 Å². The number of pyridine rings is 1. The average Bonchev–Trinajstić information content (AvgIpc) is 2.45. The van der Waals surface area contributed by atoms with Gasteiger partial charge in [-0.3, -0.25) is 4.98 Å². The summed E-state index contributed by atoms with van der Waals surface area (Å²) in [4.78, 5) is 4.01. The van der Waals surface area contributed by atoms with Crippen LogP contribution in [0.2, 0.25) is 0 Å². The second kappa shape index (κ2) is 6.13. The Morgan fingerprint density at radius 2 is 1.80 bits per heavy atom. The molecule has 2 rings (SSSR count). The Kier molecular flexibility index (Phi) is 4.49. The van der Waals surface area contributed by atoms with Crippen LogP contribution in [0.25, 0.3) is 0 Å². The van der Waals surface area contributed by atoms with Crippen LogP contribution in [0.1, 0.15) is 16.8 Å². The van der Waals surface area contributed by atoms with Gasteiger partial charge in [0.15, 0.2) is 0 Å². The molecule has 0 spiro atoms. The highest BCUT2D eigenvalue weighted by Crippen LogP contribution is 2.29. The van der Waals surface area contributed by atoms with Gasteiger partial charge in [-0.1, -0.05) is 12.1 Å². The molecule has 0 saturated heterocycles. The van der Waals surface area contributed by atoms with Gasteiger partial charge < -0.3 is 4.74 Å². The molecular formula is C14H11ClF3NO. The van der Waals surface area contributed by atoms with Crippen LogP contribution in [-0.4, -0.2) is 4.98 Å². The SMILES string of the molecule is FC(F)(F)c1ccc(COc2ccnc(CCl)c2)cc1. The topological polar surface area (TPSA) is 22.1 Å². The molecule has 0 fully saturated rings. The normalized spacial score (nSPS) is 11.4. The molecule has 1 aromatic carbocycles. The lowest BCUT2D eigenvalue weighted by Gasteiger charge is -2.09. The minimum Gasteiger partial charge on any atom is -0.489 e. The third-order valence-electron chi connectivity index (χ3n) is 2.61. The second-order valence-corrected chi connectivity index (χ2v) is 4.37. The number of benzene rings is 1. The third kappa shape index (κ3) is 3.87. The maximum absolute atomic E-state index is 12.4. The molecule has 0 aliphatic carbocycles. The fraction of sp³-hybridized carbons (Fsp3) is 0.214. The molecule has 0 radical (unpaired) electrons. The quantitative estimate of drug-likeness (QED) is 0.780.